The van der Waals surface area contributed by atoms with Crippen LogP contribution in [-0.4, -0.2) is 50.0 Å². The van der Waals surface area contributed by atoms with Crippen molar-refractivity contribution in [2.45, 2.75) is 43.8 Å². The first-order valence-corrected chi connectivity index (χ1v) is 10.3. The smallest absolute Gasteiger partial charge is 0.317 e. The van der Waals surface area contributed by atoms with E-state index in [1.54, 1.807) is 0 Å². The molecule has 2 aliphatic rings. The Bertz CT molecular complexity index is 724. The zero-order chi connectivity index (χ0) is 17.4. The Morgan fingerprint density at radius 1 is 1.29 bits per heavy atom. The van der Waals surface area contributed by atoms with Crippen LogP contribution < -0.4 is 5.32 Å². The van der Waals surface area contributed by atoms with E-state index < -0.39 is 9.84 Å². The minimum absolute atomic E-state index is 0.0425. The van der Waals surface area contributed by atoms with Gasteiger partial charge in [0.25, 0.3) is 0 Å². The predicted octanol–water partition coefficient (Wildman–Crippen LogP) is 2.11. The minimum atomic E-state index is -3.02. The molecule has 2 amide bonds. The lowest BCUT2D eigenvalue weighted by molar-refractivity contribution is 0.189. The second kappa shape index (κ2) is 6.39. The minimum Gasteiger partial charge on any atom is -0.337 e. The van der Waals surface area contributed by atoms with Crippen LogP contribution in [0, 0.1) is 0 Å². The average Bonchev–Trinajstić information content (AvgIpc) is 3.36. The number of hydrogen-bond acceptors (Lipinski definition) is 3. The zero-order valence-corrected chi connectivity index (χ0v) is 15.2. The lowest BCUT2D eigenvalue weighted by Gasteiger charge is -2.31. The number of hydrogen-bond donors (Lipinski definition) is 1. The monoisotopic (exact) mass is 350 g/mol. The van der Waals surface area contributed by atoms with Gasteiger partial charge in [-0.25, -0.2) is 13.2 Å². The molecule has 5 nitrogen and oxygen atoms in total. The van der Waals surface area contributed by atoms with Crippen LogP contribution >= 0.6 is 0 Å². The van der Waals surface area contributed by atoms with Gasteiger partial charge in [-0.3, -0.25) is 0 Å². The maximum absolute atomic E-state index is 12.5. The van der Waals surface area contributed by atoms with E-state index in [1.165, 1.54) is 11.1 Å². The normalized spacial score (nSPS) is 20.2. The van der Waals surface area contributed by atoms with Gasteiger partial charge in [0.15, 0.2) is 9.84 Å². The van der Waals surface area contributed by atoms with E-state index in [0.29, 0.717) is 13.1 Å². The van der Waals surface area contributed by atoms with Crippen molar-refractivity contribution in [3.63, 3.8) is 0 Å². The molecule has 0 spiro atoms. The van der Waals surface area contributed by atoms with Gasteiger partial charge < -0.3 is 10.2 Å². The lowest BCUT2D eigenvalue weighted by Crippen LogP contribution is -2.46. The lowest BCUT2D eigenvalue weighted by atomic mass is 9.82. The molecule has 0 saturated heterocycles. The van der Waals surface area contributed by atoms with Gasteiger partial charge in [-0.15, -0.1) is 0 Å². The third kappa shape index (κ3) is 3.74. The van der Waals surface area contributed by atoms with Gasteiger partial charge in [-0.05, 0) is 30.4 Å². The molecule has 0 aromatic heterocycles. The summed E-state index contributed by atoms with van der Waals surface area (Å²) in [5.41, 5.74) is 2.45. The summed E-state index contributed by atoms with van der Waals surface area (Å²) < 4.78 is 23.8. The highest BCUT2D eigenvalue weighted by atomic mass is 32.2. The summed E-state index contributed by atoms with van der Waals surface area (Å²) in [4.78, 5) is 14.3. The Morgan fingerprint density at radius 3 is 2.71 bits per heavy atom. The van der Waals surface area contributed by atoms with Crippen molar-refractivity contribution in [2.75, 3.05) is 25.4 Å². The van der Waals surface area contributed by atoms with Gasteiger partial charge >= 0.3 is 6.03 Å². The van der Waals surface area contributed by atoms with Gasteiger partial charge in [0.1, 0.15) is 0 Å². The molecule has 1 aromatic carbocycles. The van der Waals surface area contributed by atoms with Crippen LogP contribution in [0.1, 0.15) is 37.8 Å². The number of nitrogens with zero attached hydrogens (tertiary/aromatic N) is 1. The van der Waals surface area contributed by atoms with Crippen molar-refractivity contribution < 1.29 is 13.2 Å². The molecule has 1 heterocycles. The summed E-state index contributed by atoms with van der Waals surface area (Å²) in [6.45, 7) is 5.78. The molecule has 1 N–H and O–H groups in total. The summed E-state index contributed by atoms with van der Waals surface area (Å²) in [5, 5.41) is 2.63. The van der Waals surface area contributed by atoms with Crippen LogP contribution in [-0.2, 0) is 21.7 Å². The van der Waals surface area contributed by atoms with E-state index in [4.69, 9.17) is 0 Å². The van der Waals surface area contributed by atoms with Crippen LogP contribution in [0.2, 0.25) is 0 Å². The number of carbonyl (C=O) groups is 1. The molecule has 1 fully saturated rings. The number of fused-ring (bicyclic) bond motifs is 1. The van der Waals surface area contributed by atoms with Crippen LogP contribution in [0.4, 0.5) is 4.79 Å². The molecule has 1 aliphatic carbocycles. The van der Waals surface area contributed by atoms with Crippen molar-refractivity contribution in [1.82, 2.24) is 10.2 Å². The average molecular weight is 350 g/mol. The summed E-state index contributed by atoms with van der Waals surface area (Å²) >= 11 is 0. The van der Waals surface area contributed by atoms with Crippen LogP contribution in [0.3, 0.4) is 0 Å². The van der Waals surface area contributed by atoms with Gasteiger partial charge in [-0.2, -0.15) is 0 Å². The number of rotatable bonds is 4. The van der Waals surface area contributed by atoms with E-state index in [-0.39, 0.29) is 29.0 Å². The molecular formula is C18H26N2O3S. The summed E-state index contributed by atoms with van der Waals surface area (Å²) in [7, 11) is -3.02. The highest BCUT2D eigenvalue weighted by molar-refractivity contribution is 7.92. The number of carbonyl (C=O) groups excluding carboxylic acids is 1. The van der Waals surface area contributed by atoms with E-state index in [0.717, 1.165) is 19.3 Å². The quantitative estimate of drug-likeness (QED) is 0.904. The van der Waals surface area contributed by atoms with E-state index in [9.17, 15) is 13.2 Å². The summed E-state index contributed by atoms with van der Waals surface area (Å²) in [5.74, 6) is 0.0425. The molecule has 3 rings (SSSR count). The van der Waals surface area contributed by atoms with Crippen LogP contribution in [0.5, 0.6) is 0 Å². The Hall–Kier alpha value is -1.56. The predicted molar refractivity (Wildman–Crippen MR) is 95.0 cm³/mol. The Labute approximate surface area is 144 Å². The van der Waals surface area contributed by atoms with Gasteiger partial charge in [0, 0.05) is 25.0 Å². The fourth-order valence-corrected chi connectivity index (χ4v) is 5.05. The first kappa shape index (κ1) is 17.3. The largest absolute Gasteiger partial charge is 0.337 e. The number of nitrogens with one attached hydrogen (secondary N) is 1. The zero-order valence-electron chi connectivity index (χ0n) is 14.4. The molecule has 1 saturated carbocycles. The van der Waals surface area contributed by atoms with Crippen LogP contribution in [0.25, 0.3) is 0 Å². The molecule has 0 atom stereocenters. The third-order valence-electron chi connectivity index (χ3n) is 4.97. The van der Waals surface area contributed by atoms with E-state index >= 15 is 0 Å². The maximum atomic E-state index is 12.5. The van der Waals surface area contributed by atoms with Crippen molar-refractivity contribution in [2.24, 2.45) is 0 Å². The fraction of sp³-hybridized carbons (Fsp3) is 0.611. The first-order valence-electron chi connectivity index (χ1n) is 8.62. The van der Waals surface area contributed by atoms with E-state index in [2.05, 4.69) is 31.3 Å². The van der Waals surface area contributed by atoms with Gasteiger partial charge in [-0.1, -0.05) is 38.1 Å². The van der Waals surface area contributed by atoms with Gasteiger partial charge in [0.05, 0.1) is 11.0 Å². The molecule has 132 valence electrons. The Kier molecular flexibility index (Phi) is 4.60. The third-order valence-corrected chi connectivity index (χ3v) is 7.23. The molecule has 1 aliphatic heterocycles. The maximum Gasteiger partial charge on any atom is 0.317 e. The standard InChI is InChI=1S/C18H26N2O3S/c1-18(2)13-20(11-9-14-5-3-4-6-16(14)18)17(21)19-10-12-24(22,23)15-7-8-15/h3-6,15H,7-13H2,1-2H3,(H,19,21). The molecule has 0 bridgehead atoms. The molecule has 24 heavy (non-hydrogen) atoms. The van der Waals surface area contributed by atoms with E-state index in [1.807, 2.05) is 17.0 Å². The van der Waals surface area contributed by atoms with Crippen molar-refractivity contribution >= 4 is 15.9 Å². The molecule has 0 unspecified atom stereocenters. The highest BCUT2D eigenvalue weighted by Crippen LogP contribution is 2.31. The van der Waals surface area contributed by atoms with Gasteiger partial charge in [0.2, 0.25) is 0 Å². The summed E-state index contributed by atoms with van der Waals surface area (Å²) in [6, 6.07) is 8.17. The topological polar surface area (TPSA) is 66.5 Å². The highest BCUT2D eigenvalue weighted by Gasteiger charge is 2.35. The molecule has 6 heteroatoms. The number of amides is 2. The SMILES string of the molecule is CC1(C)CN(C(=O)NCCS(=O)(=O)C2CC2)CCc2ccccc21. The first-order chi connectivity index (χ1) is 11.3. The fourth-order valence-electron chi connectivity index (χ4n) is 3.47. The van der Waals surface area contributed by atoms with Crippen molar-refractivity contribution in [1.29, 1.82) is 0 Å². The Balaban J connectivity index is 1.60. The molecular weight excluding hydrogens is 324 g/mol. The summed E-state index contributed by atoms with van der Waals surface area (Å²) in [6.07, 6.45) is 2.37. The second-order valence-electron chi connectivity index (χ2n) is 7.51. The second-order valence-corrected chi connectivity index (χ2v) is 9.91. The van der Waals surface area contributed by atoms with Crippen LogP contribution in [0.15, 0.2) is 24.3 Å². The van der Waals surface area contributed by atoms with Crippen molar-refractivity contribution in [3.8, 4) is 0 Å². The number of urea groups is 1. The molecule has 0 radical (unpaired) electrons. The van der Waals surface area contributed by atoms with Crippen molar-refractivity contribution in [3.05, 3.63) is 35.4 Å². The number of sulfone groups is 1. The molecule has 1 aromatic rings. The number of benzene rings is 1. The Morgan fingerprint density at radius 2 is 2.00 bits per heavy atom.